The van der Waals surface area contributed by atoms with E-state index < -0.39 is 152 Å². The van der Waals surface area contributed by atoms with E-state index in [1.807, 2.05) is 0 Å². The first kappa shape index (κ1) is 109. The molecule has 0 spiro atoms. The van der Waals surface area contributed by atoms with Gasteiger partial charge in [0.1, 0.15) is 51.0 Å². The minimum Gasteiger partial charge on any atom is -0.388 e. The third-order valence-electron chi connectivity index (χ3n) is 17.2. The summed E-state index contributed by atoms with van der Waals surface area (Å²) in [5.74, 6) is -8.03. The Bertz CT molecular complexity index is 5240. The normalized spacial score (nSPS) is 11.5. The van der Waals surface area contributed by atoms with Crippen molar-refractivity contribution < 1.29 is 91.1 Å². The van der Waals surface area contributed by atoms with Gasteiger partial charge in [-0.05, 0) is 119 Å². The second-order valence-electron chi connectivity index (χ2n) is 27.8. The lowest BCUT2D eigenvalue weighted by Gasteiger charge is -2.20. The molecule has 0 bridgehead atoms. The number of unbranched alkanes of at least 4 members (excludes halogenated alkanes) is 4. The molecule has 0 saturated carbocycles. The van der Waals surface area contributed by atoms with Crippen LogP contribution in [-0.2, 0) is 60.8 Å². The fraction of sp³-hybridized carbons (Fsp3) is 0.390. The lowest BCUT2D eigenvalue weighted by Crippen LogP contribution is -2.31. The summed E-state index contributed by atoms with van der Waals surface area (Å²) in [7, 11) is -8.42. The zero-order chi connectivity index (χ0) is 96.6. The molecule has 0 aliphatic heterocycles. The number of sulfone groups is 2. The quantitative estimate of drug-likeness (QED) is 0.00691. The SMILES string of the molecule is C=C(N)NCCCCC(=O)Nc1cc(Br)cc(NC(=O)c2cc(C(=O)Nc3cc(Br)cc(NC(=O)CCCCN=C(N)N)c3S(=O)(=O)CCN)ncn2)c1S(=O)(=O)CCN.CC(N)=NCCCCC(=O)Nc1cc(C(F)(F)F)cc(NC(=O)c2cc(C(=O)Nc3cc(C(F)(F)F)cc(NC(=O)CCCCN=C(N)N)c3SCCNC(=O)CN)ncn2)c1SCCCC(=O)CN. The number of carbonyl (C=O) groups is 10. The summed E-state index contributed by atoms with van der Waals surface area (Å²) in [6.07, 6.45) is -5.06. The Morgan fingerprint density at radius 2 is 0.738 bits per heavy atom. The molecule has 0 fully saturated rings. The van der Waals surface area contributed by atoms with Crippen LogP contribution in [0.15, 0.2) is 129 Å². The molecule has 2 heterocycles. The number of benzene rings is 4. The molecule has 0 atom stereocenters. The van der Waals surface area contributed by atoms with Crippen LogP contribution in [0.25, 0.3) is 0 Å². The number of hydrogen-bond donors (Lipinski definition) is 20. The summed E-state index contributed by atoms with van der Waals surface area (Å²) in [6.45, 7) is 5.25. The molecule has 0 saturated heterocycles. The van der Waals surface area contributed by atoms with Gasteiger partial charge in [0.15, 0.2) is 31.6 Å². The predicted octanol–water partition coefficient (Wildman–Crippen LogP) is 5.94. The fourth-order valence-electron chi connectivity index (χ4n) is 11.3. The minimum atomic E-state index is -5.00. The van der Waals surface area contributed by atoms with Crippen molar-refractivity contribution in [2.75, 3.05) is 124 Å². The maximum Gasteiger partial charge on any atom is 0.416 e. The molecule has 130 heavy (non-hydrogen) atoms. The van der Waals surface area contributed by atoms with Crippen molar-refractivity contribution in [2.24, 2.45) is 72.3 Å². The number of amides is 9. The van der Waals surface area contributed by atoms with Crippen LogP contribution in [0, 0.1) is 0 Å². The molecule has 6 rings (SSSR count). The zero-order valence-corrected chi connectivity index (χ0v) is 76.4. The Morgan fingerprint density at radius 1 is 0.408 bits per heavy atom. The monoisotopic (exact) mass is 2030 g/mol. The molecule has 41 nitrogen and oxygen atoms in total. The first-order valence-corrected chi connectivity index (χ1v) is 46.3. The summed E-state index contributed by atoms with van der Waals surface area (Å²) in [5.41, 5.74) is 47.5. The number of anilines is 8. The number of nitrogens with one attached hydrogen (secondary N) is 10. The van der Waals surface area contributed by atoms with Gasteiger partial charge in [0.05, 0.1) is 103 Å². The number of aromatic nitrogens is 4. The van der Waals surface area contributed by atoms with Crippen LogP contribution in [0.2, 0.25) is 0 Å². The highest BCUT2D eigenvalue weighted by Crippen LogP contribution is 2.45. The number of rotatable bonds is 50. The standard InChI is InChI=1S/C42H54F6N14O6S2.C35H47Br2N13O8S2/c1-23(51)54-10-4-2-8-33(64)59-27-15-24(41(43,44)45)17-29(36(27)69-13-6-7-26(63)20-49)61-38(67)31-19-32(58-22-57-31)39(68)62-30-18-25(42(46,47)48)16-28(37(30)70-14-12-55-35(66)21-50)60-34(65)9-3-5-11-56-40(52)53;1-20(40)43-10-4-2-6-29(51)47-23-14-21(36)16-25(31(23)59(55,56)12-8-38)49-33(53)27-18-28(46-19-45-27)34(54)50-26-17-22(37)15-24(32(26)60(57,58)13-9-39)48-30(52)7-3-5-11-44-35(41)42/h15-19,22H,2-14,20-21,49-50H2,1H3,(H2,51,54)(H,55,66)(H,59,64)(H,60,65)(H,61,67)(H,62,68)(H4,52,53,56);14-19,43H,1-13,38-40H2,(H,47,51)(H,48,52)(H,49,53)(H,50,54)(H4,41,42,44). The van der Waals surface area contributed by atoms with Gasteiger partial charge in [-0.1, -0.05) is 38.4 Å². The lowest BCUT2D eigenvalue weighted by molar-refractivity contribution is -0.138. The molecule has 30 N–H and O–H groups in total. The molecule has 0 aliphatic rings. The van der Waals surface area contributed by atoms with Gasteiger partial charge in [0.25, 0.3) is 23.6 Å². The summed E-state index contributed by atoms with van der Waals surface area (Å²) < 4.78 is 141. The highest BCUT2D eigenvalue weighted by atomic mass is 79.9. The Balaban J connectivity index is 0.000000466. The summed E-state index contributed by atoms with van der Waals surface area (Å²) in [6, 6.07) is 9.72. The molecule has 9 amide bonds. The predicted molar refractivity (Wildman–Crippen MR) is 491 cm³/mol. The van der Waals surface area contributed by atoms with Gasteiger partial charge in [-0.3, -0.25) is 62.9 Å². The maximum absolute atomic E-state index is 14.3. The Morgan fingerprint density at radius 3 is 1.07 bits per heavy atom. The topological polar surface area (TPSA) is 708 Å². The third-order valence-corrected chi connectivity index (χ3v) is 24.1. The number of hydrogen-bond acceptors (Lipinski definition) is 29. The van der Waals surface area contributed by atoms with Crippen LogP contribution < -0.4 is 111 Å². The van der Waals surface area contributed by atoms with Gasteiger partial charge in [-0.2, -0.15) is 26.3 Å². The number of thioether (sulfide) groups is 2. The van der Waals surface area contributed by atoms with Crippen molar-refractivity contribution in [1.82, 2.24) is 30.6 Å². The van der Waals surface area contributed by atoms with Crippen molar-refractivity contribution in [3.63, 3.8) is 0 Å². The molecule has 708 valence electrons. The molecule has 6 aromatic rings. The van der Waals surface area contributed by atoms with E-state index in [9.17, 15) is 91.1 Å². The van der Waals surface area contributed by atoms with E-state index >= 15 is 0 Å². The fourth-order valence-corrected chi connectivity index (χ4v) is 17.0. The van der Waals surface area contributed by atoms with E-state index in [1.54, 1.807) is 6.92 Å². The zero-order valence-electron chi connectivity index (χ0n) is 70.0. The van der Waals surface area contributed by atoms with Crippen molar-refractivity contribution in [1.29, 1.82) is 0 Å². The summed E-state index contributed by atoms with van der Waals surface area (Å²) >= 11 is 8.37. The van der Waals surface area contributed by atoms with Crippen molar-refractivity contribution in [2.45, 2.75) is 129 Å². The smallest absolute Gasteiger partial charge is 0.388 e. The minimum absolute atomic E-state index is 0.00195. The van der Waals surface area contributed by atoms with Crippen LogP contribution in [0.5, 0.6) is 0 Å². The highest BCUT2D eigenvalue weighted by molar-refractivity contribution is 9.10. The maximum atomic E-state index is 14.3. The molecule has 2 aromatic heterocycles. The highest BCUT2D eigenvalue weighted by Gasteiger charge is 2.36. The van der Waals surface area contributed by atoms with Gasteiger partial charge < -0.3 is 111 Å². The Labute approximate surface area is 768 Å². The average molecular weight is 2030 g/mol. The molecule has 53 heteroatoms. The molecule has 0 radical (unpaired) electrons. The number of nitrogens with two attached hydrogens (primary N) is 10. The van der Waals surface area contributed by atoms with E-state index in [1.165, 1.54) is 24.3 Å². The van der Waals surface area contributed by atoms with E-state index in [4.69, 9.17) is 57.3 Å². The first-order chi connectivity index (χ1) is 61.3. The van der Waals surface area contributed by atoms with Crippen LogP contribution in [0.1, 0.15) is 150 Å². The summed E-state index contributed by atoms with van der Waals surface area (Å²) in [4.78, 5) is 157. The molecule has 0 aliphatic carbocycles. The third kappa shape index (κ3) is 37.8. The average Bonchev–Trinajstić information content (AvgIpc) is 0.774. The number of nitrogens with zero attached hydrogens (tertiary/aromatic N) is 7. The number of halogens is 8. The second kappa shape index (κ2) is 53.4. The number of carbonyl (C=O) groups excluding carboxylic acids is 10. The van der Waals surface area contributed by atoms with E-state index in [2.05, 4.69) is 127 Å². The van der Waals surface area contributed by atoms with Gasteiger partial charge >= 0.3 is 12.4 Å². The molecule has 4 aromatic carbocycles. The number of amidine groups is 1. The largest absolute Gasteiger partial charge is 0.416 e. The van der Waals surface area contributed by atoms with Crippen LogP contribution in [0.4, 0.5) is 71.8 Å². The number of aliphatic imine (C=N–C) groups is 3. The van der Waals surface area contributed by atoms with Crippen LogP contribution in [0.3, 0.4) is 0 Å². The Hall–Kier alpha value is -11.7. The van der Waals surface area contributed by atoms with Gasteiger partial charge in [0.2, 0.25) is 29.5 Å². The lowest BCUT2D eigenvalue weighted by atomic mass is 10.1. The molecular weight excluding hydrogens is 1930 g/mol. The molecular formula is C77H101Br2F6N27O14S4. The molecule has 0 unspecified atom stereocenters. The van der Waals surface area contributed by atoms with Crippen molar-refractivity contribution >= 4 is 197 Å². The van der Waals surface area contributed by atoms with Crippen molar-refractivity contribution in [3.8, 4) is 0 Å². The van der Waals surface area contributed by atoms with Gasteiger partial charge in [-0.25, -0.2) is 36.8 Å². The van der Waals surface area contributed by atoms with Crippen LogP contribution >= 0.6 is 55.4 Å². The number of ketones is 1. The van der Waals surface area contributed by atoms with Gasteiger partial charge in [-0.15, -0.1) is 23.5 Å². The first-order valence-electron chi connectivity index (χ1n) is 39.4. The second-order valence-corrected chi connectivity index (χ2v) is 35.9. The number of Topliss-reactive ketones (excluding diaryl/α,β-unsaturated/α-hetero) is 1. The van der Waals surface area contributed by atoms with Gasteiger partial charge in [0, 0.05) is 105 Å². The number of alkyl halides is 6. The van der Waals surface area contributed by atoms with Crippen LogP contribution in [-0.4, -0.2) is 195 Å². The summed E-state index contributed by atoms with van der Waals surface area (Å²) in [5, 5.41) is 25.1. The van der Waals surface area contributed by atoms with E-state index in [0.717, 1.165) is 48.3 Å². The number of guanidine groups is 2. The van der Waals surface area contributed by atoms with Crippen molar-refractivity contribution in [3.05, 3.63) is 129 Å². The van der Waals surface area contributed by atoms with E-state index in [0.29, 0.717) is 99.2 Å². The van der Waals surface area contributed by atoms with E-state index in [-0.39, 0.29) is 168 Å². The Kier molecular flexibility index (Phi) is 44.7.